The predicted molar refractivity (Wildman–Crippen MR) is 103 cm³/mol. The van der Waals surface area contributed by atoms with Gasteiger partial charge in [0.15, 0.2) is 0 Å². The first-order chi connectivity index (χ1) is 13.9. The van der Waals surface area contributed by atoms with Gasteiger partial charge in [0.2, 0.25) is 0 Å². The zero-order chi connectivity index (χ0) is 21.0. The highest BCUT2D eigenvalue weighted by atomic mass is 16.6. The lowest BCUT2D eigenvalue weighted by Gasteiger charge is -2.20. The molecule has 29 heavy (non-hydrogen) atoms. The molecule has 0 radical (unpaired) electrons. The summed E-state index contributed by atoms with van der Waals surface area (Å²) in [4.78, 5) is 35.7. The van der Waals surface area contributed by atoms with Crippen molar-refractivity contribution in [1.82, 2.24) is 0 Å². The smallest absolute Gasteiger partial charge is 0.340 e. The van der Waals surface area contributed by atoms with E-state index in [1.165, 1.54) is 37.4 Å². The van der Waals surface area contributed by atoms with E-state index in [9.17, 15) is 25.0 Å². The molecule has 3 rings (SSSR count). The lowest BCUT2D eigenvalue weighted by atomic mass is 10.1. The first kappa shape index (κ1) is 20.1. The zero-order valence-corrected chi connectivity index (χ0v) is 15.7. The van der Waals surface area contributed by atoms with E-state index in [4.69, 9.17) is 9.47 Å². The molecule has 1 heterocycles. The fourth-order valence-electron chi connectivity index (χ4n) is 3.25. The number of ether oxygens (including phenoxy) is 2. The maximum Gasteiger partial charge on any atom is 0.340 e. The summed E-state index contributed by atoms with van der Waals surface area (Å²) in [5.41, 5.74) is 0.607. The lowest BCUT2D eigenvalue weighted by molar-refractivity contribution is -0.385. The Bertz CT molecular complexity index is 955. The van der Waals surface area contributed by atoms with Gasteiger partial charge in [-0.2, -0.15) is 0 Å². The van der Waals surface area contributed by atoms with Gasteiger partial charge in [0.1, 0.15) is 12.4 Å². The predicted octanol–water partition coefficient (Wildman–Crippen LogP) is 3.47. The van der Waals surface area contributed by atoms with E-state index in [1.807, 2.05) is 4.90 Å². The summed E-state index contributed by atoms with van der Waals surface area (Å²) in [6.07, 6.45) is 1.94. The molecular formula is C19H19N3O7. The Balaban J connectivity index is 1.87. The van der Waals surface area contributed by atoms with Crippen LogP contribution >= 0.6 is 0 Å². The summed E-state index contributed by atoms with van der Waals surface area (Å²) in [5.74, 6) is -0.411. The summed E-state index contributed by atoms with van der Waals surface area (Å²) in [5, 5.41) is 22.1. The number of carbonyl (C=O) groups is 1. The van der Waals surface area contributed by atoms with Crippen molar-refractivity contribution in [1.29, 1.82) is 0 Å². The number of hydrogen-bond acceptors (Lipinski definition) is 8. The van der Waals surface area contributed by atoms with Gasteiger partial charge in [0, 0.05) is 42.9 Å². The molecule has 1 saturated heterocycles. The quantitative estimate of drug-likeness (QED) is 0.392. The third-order valence-corrected chi connectivity index (χ3v) is 4.69. The minimum atomic E-state index is -0.746. The Morgan fingerprint density at radius 3 is 2.28 bits per heavy atom. The monoisotopic (exact) mass is 401 g/mol. The van der Waals surface area contributed by atoms with Crippen LogP contribution in [0.5, 0.6) is 5.75 Å². The Kier molecular flexibility index (Phi) is 5.91. The molecule has 0 unspecified atom stereocenters. The van der Waals surface area contributed by atoms with Crippen molar-refractivity contribution >= 4 is 23.0 Å². The van der Waals surface area contributed by atoms with Gasteiger partial charge in [-0.15, -0.1) is 0 Å². The zero-order valence-electron chi connectivity index (χ0n) is 15.7. The van der Waals surface area contributed by atoms with Gasteiger partial charge in [0.25, 0.3) is 11.4 Å². The van der Waals surface area contributed by atoms with Crippen molar-refractivity contribution in [3.8, 4) is 5.75 Å². The van der Waals surface area contributed by atoms with Crippen LogP contribution in [-0.2, 0) is 11.3 Å². The number of esters is 1. The number of non-ortho nitro benzene ring substituents is 2. The standard InChI is InChI=1S/C19H19N3O7/c1-28-18-7-5-14(21(24)25)10-13(18)12-29-19(23)16-11-15(22(26)27)4-6-17(16)20-8-2-3-9-20/h4-7,10-11H,2-3,8-9,12H2,1H3. The van der Waals surface area contributed by atoms with Crippen LogP contribution < -0.4 is 9.64 Å². The van der Waals surface area contributed by atoms with Crippen LogP contribution in [0, 0.1) is 20.2 Å². The summed E-state index contributed by atoms with van der Waals surface area (Å²) in [6, 6.07) is 8.07. The fraction of sp³-hybridized carbons (Fsp3) is 0.316. The first-order valence-electron chi connectivity index (χ1n) is 8.92. The van der Waals surface area contributed by atoms with E-state index in [2.05, 4.69) is 0 Å². The Morgan fingerprint density at radius 2 is 1.66 bits per heavy atom. The Labute approximate surface area is 165 Å². The van der Waals surface area contributed by atoms with Crippen molar-refractivity contribution in [2.24, 2.45) is 0 Å². The fourth-order valence-corrected chi connectivity index (χ4v) is 3.25. The molecule has 152 valence electrons. The minimum absolute atomic E-state index is 0.0884. The van der Waals surface area contributed by atoms with Gasteiger partial charge in [-0.3, -0.25) is 20.2 Å². The minimum Gasteiger partial charge on any atom is -0.496 e. The van der Waals surface area contributed by atoms with Crippen molar-refractivity contribution < 1.29 is 24.1 Å². The molecule has 0 N–H and O–H groups in total. The molecule has 10 heteroatoms. The number of rotatable bonds is 7. The molecule has 0 bridgehead atoms. The molecule has 0 aromatic heterocycles. The van der Waals surface area contributed by atoms with Crippen LogP contribution in [0.1, 0.15) is 28.8 Å². The average molecular weight is 401 g/mol. The molecule has 1 aliphatic heterocycles. The SMILES string of the molecule is COc1ccc([N+](=O)[O-])cc1COC(=O)c1cc([N+](=O)[O-])ccc1N1CCCC1. The van der Waals surface area contributed by atoms with Gasteiger partial charge in [-0.25, -0.2) is 4.79 Å². The number of benzene rings is 2. The molecule has 2 aromatic rings. The second-order valence-electron chi connectivity index (χ2n) is 6.48. The van der Waals surface area contributed by atoms with E-state index < -0.39 is 15.8 Å². The number of nitro groups is 2. The molecule has 0 aliphatic carbocycles. The number of methoxy groups -OCH3 is 1. The van der Waals surface area contributed by atoms with Crippen LogP contribution in [0.25, 0.3) is 0 Å². The molecular weight excluding hydrogens is 382 g/mol. The third-order valence-electron chi connectivity index (χ3n) is 4.69. The third kappa shape index (κ3) is 4.42. The number of anilines is 1. The number of nitro benzene ring substituents is 2. The van der Waals surface area contributed by atoms with Gasteiger partial charge >= 0.3 is 5.97 Å². The highest BCUT2D eigenvalue weighted by molar-refractivity contribution is 5.96. The van der Waals surface area contributed by atoms with Crippen LogP contribution in [0.2, 0.25) is 0 Å². The molecule has 0 amide bonds. The van der Waals surface area contributed by atoms with E-state index in [-0.39, 0.29) is 23.5 Å². The maximum absolute atomic E-state index is 12.7. The summed E-state index contributed by atoms with van der Waals surface area (Å²) >= 11 is 0. The van der Waals surface area contributed by atoms with E-state index in [0.29, 0.717) is 17.0 Å². The molecule has 0 spiro atoms. The topological polar surface area (TPSA) is 125 Å². The Hall–Kier alpha value is -3.69. The average Bonchev–Trinajstić information content (AvgIpc) is 3.25. The highest BCUT2D eigenvalue weighted by Crippen LogP contribution is 2.30. The number of nitrogens with zero attached hydrogens (tertiary/aromatic N) is 3. The van der Waals surface area contributed by atoms with Crippen molar-refractivity contribution in [3.05, 3.63) is 67.8 Å². The van der Waals surface area contributed by atoms with Gasteiger partial charge < -0.3 is 14.4 Å². The van der Waals surface area contributed by atoms with Crippen molar-refractivity contribution in [2.45, 2.75) is 19.4 Å². The van der Waals surface area contributed by atoms with Crippen molar-refractivity contribution in [3.63, 3.8) is 0 Å². The number of hydrogen-bond donors (Lipinski definition) is 0. The second-order valence-corrected chi connectivity index (χ2v) is 6.48. The largest absolute Gasteiger partial charge is 0.496 e. The molecule has 10 nitrogen and oxygen atoms in total. The van der Waals surface area contributed by atoms with Crippen molar-refractivity contribution in [2.75, 3.05) is 25.1 Å². The van der Waals surface area contributed by atoms with Crippen LogP contribution in [0.4, 0.5) is 17.1 Å². The number of carbonyl (C=O) groups excluding carboxylic acids is 1. The molecule has 2 aromatic carbocycles. The Morgan fingerprint density at radius 1 is 1.03 bits per heavy atom. The molecule has 0 atom stereocenters. The van der Waals surface area contributed by atoms with Crippen LogP contribution in [0.15, 0.2) is 36.4 Å². The normalized spacial score (nSPS) is 13.2. The van der Waals surface area contributed by atoms with Gasteiger partial charge in [-0.1, -0.05) is 0 Å². The molecule has 1 aliphatic rings. The molecule has 1 fully saturated rings. The summed E-state index contributed by atoms with van der Waals surface area (Å²) in [6.45, 7) is 1.22. The lowest BCUT2D eigenvalue weighted by Crippen LogP contribution is -2.21. The van der Waals surface area contributed by atoms with E-state index >= 15 is 0 Å². The van der Waals surface area contributed by atoms with Crippen LogP contribution in [0.3, 0.4) is 0 Å². The van der Waals surface area contributed by atoms with E-state index in [0.717, 1.165) is 25.9 Å². The first-order valence-corrected chi connectivity index (χ1v) is 8.92. The van der Waals surface area contributed by atoms with Gasteiger partial charge in [-0.05, 0) is 25.0 Å². The highest BCUT2D eigenvalue weighted by Gasteiger charge is 2.24. The summed E-state index contributed by atoms with van der Waals surface area (Å²) in [7, 11) is 1.40. The molecule has 0 saturated carbocycles. The summed E-state index contributed by atoms with van der Waals surface area (Å²) < 4.78 is 10.5. The van der Waals surface area contributed by atoms with Crippen LogP contribution in [-0.4, -0.2) is 36.0 Å². The van der Waals surface area contributed by atoms with E-state index in [1.54, 1.807) is 6.07 Å². The second kappa shape index (κ2) is 8.55. The maximum atomic E-state index is 12.7. The van der Waals surface area contributed by atoms with Gasteiger partial charge in [0.05, 0.1) is 28.2 Å².